The van der Waals surface area contributed by atoms with Gasteiger partial charge in [0.2, 0.25) is 5.91 Å². The zero-order valence-corrected chi connectivity index (χ0v) is 12.7. The molecule has 0 saturated carbocycles. The van der Waals surface area contributed by atoms with E-state index >= 15 is 0 Å². The maximum absolute atomic E-state index is 11.9. The first-order valence-electron chi connectivity index (χ1n) is 6.83. The molecule has 1 aliphatic rings. The molecule has 0 unspecified atom stereocenters. The highest BCUT2D eigenvalue weighted by Gasteiger charge is 2.23. The Bertz CT molecular complexity index is 487. The lowest BCUT2D eigenvalue weighted by molar-refractivity contribution is -0.135. The Morgan fingerprint density at radius 3 is 2.95 bits per heavy atom. The van der Waals surface area contributed by atoms with Crippen molar-refractivity contribution in [3.8, 4) is 0 Å². The van der Waals surface area contributed by atoms with Gasteiger partial charge in [0.15, 0.2) is 10.9 Å². The molecule has 1 aliphatic heterocycles. The largest absolute Gasteiger partial charge is 0.445 e. The predicted molar refractivity (Wildman–Crippen MR) is 77.8 cm³/mol. The molecule has 110 valence electrons. The highest BCUT2D eigenvalue weighted by Crippen LogP contribution is 2.18. The molecule has 1 N–H and O–H groups in total. The minimum Gasteiger partial charge on any atom is -0.445 e. The Balaban J connectivity index is 1.84. The summed E-state index contributed by atoms with van der Waals surface area (Å²) in [5.41, 5.74) is 0. The monoisotopic (exact) mass is 296 g/mol. The van der Waals surface area contributed by atoms with Crippen molar-refractivity contribution in [3.63, 3.8) is 0 Å². The van der Waals surface area contributed by atoms with E-state index in [1.807, 2.05) is 18.1 Å². The molecule has 0 bridgehead atoms. The van der Waals surface area contributed by atoms with Crippen molar-refractivity contribution < 1.29 is 14.0 Å². The van der Waals surface area contributed by atoms with E-state index in [0.717, 1.165) is 24.5 Å². The number of nitrogens with zero attached hydrogens (tertiary/aromatic N) is 1. The average molecular weight is 296 g/mol. The molecule has 2 rings (SSSR count). The molecule has 1 saturated heterocycles. The van der Waals surface area contributed by atoms with Crippen molar-refractivity contribution >= 4 is 23.6 Å². The molecular weight excluding hydrogens is 276 g/mol. The SMILES string of the molecule is CSc1ccc(C(=O)NC[C@@H](C)N2CCCCC2=O)o1. The van der Waals surface area contributed by atoms with Crippen LogP contribution in [0, 0.1) is 0 Å². The summed E-state index contributed by atoms with van der Waals surface area (Å²) in [6.07, 6.45) is 4.52. The van der Waals surface area contributed by atoms with Crippen LogP contribution >= 0.6 is 11.8 Å². The normalized spacial score (nSPS) is 17.1. The molecule has 1 fully saturated rings. The van der Waals surface area contributed by atoms with Gasteiger partial charge in [-0.05, 0) is 38.2 Å². The van der Waals surface area contributed by atoms with E-state index < -0.39 is 0 Å². The summed E-state index contributed by atoms with van der Waals surface area (Å²) in [5.74, 6) is 0.258. The van der Waals surface area contributed by atoms with Gasteiger partial charge in [0, 0.05) is 25.6 Å². The van der Waals surface area contributed by atoms with Crippen LogP contribution in [-0.4, -0.2) is 42.1 Å². The van der Waals surface area contributed by atoms with Gasteiger partial charge in [-0.25, -0.2) is 0 Å². The summed E-state index contributed by atoms with van der Waals surface area (Å²) in [6.45, 7) is 3.19. The van der Waals surface area contributed by atoms with E-state index in [9.17, 15) is 9.59 Å². The van der Waals surface area contributed by atoms with Crippen molar-refractivity contribution in [2.75, 3.05) is 19.3 Å². The number of rotatable bonds is 5. The van der Waals surface area contributed by atoms with Crippen molar-refractivity contribution in [1.82, 2.24) is 10.2 Å². The third-order valence-corrected chi connectivity index (χ3v) is 4.08. The van der Waals surface area contributed by atoms with Gasteiger partial charge in [-0.3, -0.25) is 9.59 Å². The fourth-order valence-corrected chi connectivity index (χ4v) is 2.66. The van der Waals surface area contributed by atoms with Crippen molar-refractivity contribution in [2.45, 2.75) is 37.3 Å². The van der Waals surface area contributed by atoms with Gasteiger partial charge in [-0.15, -0.1) is 0 Å². The summed E-state index contributed by atoms with van der Waals surface area (Å²) in [4.78, 5) is 25.6. The second-order valence-corrected chi connectivity index (χ2v) is 5.74. The Morgan fingerprint density at radius 1 is 1.50 bits per heavy atom. The lowest BCUT2D eigenvalue weighted by Gasteiger charge is -2.32. The maximum Gasteiger partial charge on any atom is 0.287 e. The fraction of sp³-hybridized carbons (Fsp3) is 0.571. The molecule has 20 heavy (non-hydrogen) atoms. The smallest absolute Gasteiger partial charge is 0.287 e. The second kappa shape index (κ2) is 6.83. The molecule has 0 radical (unpaired) electrons. The van der Waals surface area contributed by atoms with Gasteiger partial charge in [-0.1, -0.05) is 11.8 Å². The standard InChI is InChI=1S/C14H20N2O3S/c1-10(16-8-4-3-5-12(16)17)9-15-14(18)11-6-7-13(19-11)20-2/h6-7,10H,3-5,8-9H2,1-2H3,(H,15,18)/t10-/m1/s1. The molecule has 0 aliphatic carbocycles. The lowest BCUT2D eigenvalue weighted by atomic mass is 10.1. The zero-order chi connectivity index (χ0) is 14.5. The number of nitrogens with one attached hydrogen (secondary N) is 1. The number of carbonyl (C=O) groups excluding carboxylic acids is 2. The van der Waals surface area contributed by atoms with Crippen LogP contribution in [0.15, 0.2) is 21.6 Å². The Morgan fingerprint density at radius 2 is 2.30 bits per heavy atom. The molecule has 5 nitrogen and oxygen atoms in total. The molecule has 0 spiro atoms. The zero-order valence-electron chi connectivity index (χ0n) is 11.8. The molecule has 1 aromatic rings. The third-order valence-electron chi connectivity index (χ3n) is 3.46. The topological polar surface area (TPSA) is 62.6 Å². The summed E-state index contributed by atoms with van der Waals surface area (Å²) >= 11 is 1.45. The van der Waals surface area contributed by atoms with Gasteiger partial charge in [-0.2, -0.15) is 0 Å². The number of hydrogen-bond acceptors (Lipinski definition) is 4. The van der Waals surface area contributed by atoms with E-state index in [0.29, 0.717) is 18.7 Å². The molecule has 1 atom stereocenters. The summed E-state index contributed by atoms with van der Waals surface area (Å²) < 4.78 is 5.36. The molecule has 2 amide bonds. The molecular formula is C14H20N2O3S. The van der Waals surface area contributed by atoms with Crippen LogP contribution in [-0.2, 0) is 4.79 Å². The number of piperidine rings is 1. The molecule has 0 aromatic carbocycles. The van der Waals surface area contributed by atoms with Crippen LogP contribution in [0.25, 0.3) is 0 Å². The Labute approximate surface area is 123 Å². The first-order valence-corrected chi connectivity index (χ1v) is 8.06. The summed E-state index contributed by atoms with van der Waals surface area (Å²) in [5, 5.41) is 3.54. The van der Waals surface area contributed by atoms with E-state index in [-0.39, 0.29) is 17.9 Å². The summed E-state index contributed by atoms with van der Waals surface area (Å²) in [7, 11) is 0. The van der Waals surface area contributed by atoms with Crippen molar-refractivity contribution in [3.05, 3.63) is 17.9 Å². The van der Waals surface area contributed by atoms with Crippen molar-refractivity contribution in [2.24, 2.45) is 0 Å². The number of likely N-dealkylation sites (tertiary alicyclic amines) is 1. The predicted octanol–water partition coefficient (Wildman–Crippen LogP) is 2.13. The van der Waals surface area contributed by atoms with Gasteiger partial charge in [0.05, 0.1) is 0 Å². The third kappa shape index (κ3) is 3.56. The van der Waals surface area contributed by atoms with Crippen molar-refractivity contribution in [1.29, 1.82) is 0 Å². The van der Waals surface area contributed by atoms with Crippen LogP contribution in [0.3, 0.4) is 0 Å². The first-order chi connectivity index (χ1) is 9.61. The molecule has 1 aromatic heterocycles. The minimum atomic E-state index is -0.235. The number of hydrogen-bond donors (Lipinski definition) is 1. The van der Waals surface area contributed by atoms with E-state index in [4.69, 9.17) is 4.42 Å². The van der Waals surface area contributed by atoms with E-state index in [2.05, 4.69) is 5.32 Å². The number of furan rings is 1. The van der Waals surface area contributed by atoms with Gasteiger partial charge in [0.1, 0.15) is 0 Å². The van der Waals surface area contributed by atoms with Crippen LogP contribution in [0.2, 0.25) is 0 Å². The number of amides is 2. The first kappa shape index (κ1) is 15.0. The Hall–Kier alpha value is -1.43. The van der Waals surface area contributed by atoms with Gasteiger partial charge in [0.25, 0.3) is 5.91 Å². The summed E-state index contributed by atoms with van der Waals surface area (Å²) in [6, 6.07) is 3.46. The molecule has 6 heteroatoms. The second-order valence-electron chi connectivity index (χ2n) is 4.93. The van der Waals surface area contributed by atoms with Gasteiger partial charge < -0.3 is 14.6 Å². The minimum absolute atomic E-state index is 0.0155. The van der Waals surface area contributed by atoms with E-state index in [1.54, 1.807) is 12.1 Å². The van der Waals surface area contributed by atoms with E-state index in [1.165, 1.54) is 11.8 Å². The maximum atomic E-state index is 11.9. The quantitative estimate of drug-likeness (QED) is 0.846. The highest BCUT2D eigenvalue weighted by molar-refractivity contribution is 7.98. The number of carbonyl (C=O) groups is 2. The fourth-order valence-electron chi connectivity index (χ4n) is 2.28. The highest BCUT2D eigenvalue weighted by atomic mass is 32.2. The number of thioether (sulfide) groups is 1. The van der Waals surface area contributed by atoms with Crippen LogP contribution in [0.4, 0.5) is 0 Å². The molecule has 2 heterocycles. The average Bonchev–Trinajstić information content (AvgIpc) is 2.94. The van der Waals surface area contributed by atoms with Crippen LogP contribution in [0.5, 0.6) is 0 Å². The van der Waals surface area contributed by atoms with Crippen LogP contribution in [0.1, 0.15) is 36.7 Å². The van der Waals surface area contributed by atoms with Gasteiger partial charge >= 0.3 is 0 Å². The lowest BCUT2D eigenvalue weighted by Crippen LogP contribution is -2.47. The van der Waals surface area contributed by atoms with Crippen LogP contribution < -0.4 is 5.32 Å². The Kier molecular flexibility index (Phi) is 5.11.